The van der Waals surface area contributed by atoms with Gasteiger partial charge in [0.15, 0.2) is 0 Å². The Morgan fingerprint density at radius 3 is 2.32 bits per heavy atom. The summed E-state index contributed by atoms with van der Waals surface area (Å²) in [5.41, 5.74) is 1.07. The Labute approximate surface area is 113 Å². The van der Waals surface area contributed by atoms with Crippen LogP contribution in [0, 0.1) is 6.92 Å². The maximum absolute atomic E-state index is 11.6. The van der Waals surface area contributed by atoms with Crippen molar-refractivity contribution in [1.29, 1.82) is 0 Å². The number of carbonyl (C=O) groups excluding carboxylic acids is 1. The third-order valence-corrected chi connectivity index (χ3v) is 2.84. The van der Waals surface area contributed by atoms with Crippen molar-refractivity contribution in [2.45, 2.75) is 32.9 Å². The molecule has 0 heterocycles. The highest BCUT2D eigenvalue weighted by Gasteiger charge is 2.26. The number of carbonyl (C=O) groups is 2. The Morgan fingerprint density at radius 2 is 1.79 bits per heavy atom. The van der Waals surface area contributed by atoms with Gasteiger partial charge in [-0.15, -0.1) is 0 Å². The molecule has 0 fully saturated rings. The van der Waals surface area contributed by atoms with Crippen LogP contribution in [0.5, 0.6) is 0 Å². The molecule has 0 saturated heterocycles. The molecule has 1 aromatic carbocycles. The molecule has 1 aromatic rings. The van der Waals surface area contributed by atoms with E-state index in [9.17, 15) is 9.59 Å². The monoisotopic (exact) mass is 264 g/mol. The molecule has 5 nitrogen and oxygen atoms in total. The molecule has 0 aliphatic rings. The van der Waals surface area contributed by atoms with Gasteiger partial charge in [-0.3, -0.25) is 14.9 Å². The topological polar surface area (TPSA) is 78.4 Å². The Bertz CT molecular complexity index is 452. The van der Waals surface area contributed by atoms with E-state index < -0.39 is 11.5 Å². The highest BCUT2D eigenvalue weighted by molar-refractivity contribution is 5.81. The van der Waals surface area contributed by atoms with E-state index in [0.717, 1.165) is 5.56 Å². The zero-order valence-electron chi connectivity index (χ0n) is 11.5. The fraction of sp³-hybridized carbons (Fsp3) is 0.429. The zero-order chi connectivity index (χ0) is 14.5. The van der Waals surface area contributed by atoms with E-state index in [4.69, 9.17) is 5.11 Å². The van der Waals surface area contributed by atoms with E-state index in [2.05, 4.69) is 10.6 Å². The zero-order valence-corrected chi connectivity index (χ0v) is 11.5. The van der Waals surface area contributed by atoms with Gasteiger partial charge in [0.1, 0.15) is 5.54 Å². The number of amides is 1. The van der Waals surface area contributed by atoms with E-state index in [0.29, 0.717) is 6.54 Å². The molecule has 3 N–H and O–H groups in total. The number of aryl methyl sites for hydroxylation is 1. The van der Waals surface area contributed by atoms with E-state index in [1.807, 2.05) is 31.2 Å². The number of hydrogen-bond donors (Lipinski definition) is 3. The molecule has 0 aliphatic carbocycles. The molecule has 104 valence electrons. The summed E-state index contributed by atoms with van der Waals surface area (Å²) in [6, 6.07) is 7.86. The van der Waals surface area contributed by atoms with Crippen LogP contribution in [0.25, 0.3) is 0 Å². The first kappa shape index (κ1) is 15.2. The molecule has 0 aliphatic heterocycles. The average Bonchev–Trinajstić information content (AvgIpc) is 2.35. The van der Waals surface area contributed by atoms with Crippen LogP contribution in [0.2, 0.25) is 0 Å². The summed E-state index contributed by atoms with van der Waals surface area (Å²) in [7, 11) is 0. The van der Waals surface area contributed by atoms with E-state index in [-0.39, 0.29) is 12.5 Å². The Kier molecular flexibility index (Phi) is 5.06. The predicted octanol–water partition coefficient (Wildman–Crippen LogP) is 1.06. The van der Waals surface area contributed by atoms with Gasteiger partial charge in [0.25, 0.3) is 0 Å². The highest BCUT2D eigenvalue weighted by Crippen LogP contribution is 2.03. The second kappa shape index (κ2) is 6.33. The third-order valence-electron chi connectivity index (χ3n) is 2.84. The Morgan fingerprint density at radius 1 is 1.21 bits per heavy atom. The number of rotatable bonds is 6. The number of nitrogens with one attached hydrogen (secondary N) is 2. The van der Waals surface area contributed by atoms with Crippen LogP contribution in [0.4, 0.5) is 0 Å². The van der Waals surface area contributed by atoms with Crippen LogP contribution in [0.1, 0.15) is 25.0 Å². The first-order valence-corrected chi connectivity index (χ1v) is 6.12. The van der Waals surface area contributed by atoms with Crippen molar-refractivity contribution in [3.8, 4) is 0 Å². The quantitative estimate of drug-likeness (QED) is 0.718. The van der Waals surface area contributed by atoms with Crippen LogP contribution in [-0.4, -0.2) is 29.1 Å². The Balaban J connectivity index is 2.36. The van der Waals surface area contributed by atoms with Crippen molar-refractivity contribution < 1.29 is 14.7 Å². The van der Waals surface area contributed by atoms with Gasteiger partial charge in [-0.1, -0.05) is 29.8 Å². The van der Waals surface area contributed by atoms with Gasteiger partial charge >= 0.3 is 5.97 Å². The molecule has 0 radical (unpaired) electrons. The summed E-state index contributed by atoms with van der Waals surface area (Å²) in [6.07, 6.45) is 0. The minimum Gasteiger partial charge on any atom is -0.480 e. The lowest BCUT2D eigenvalue weighted by Gasteiger charge is -2.20. The molecule has 0 bridgehead atoms. The molecular formula is C14H20N2O3. The van der Waals surface area contributed by atoms with Crippen molar-refractivity contribution in [2.24, 2.45) is 0 Å². The lowest BCUT2D eigenvalue weighted by molar-refractivity contribution is -0.143. The van der Waals surface area contributed by atoms with Crippen molar-refractivity contribution in [1.82, 2.24) is 10.6 Å². The van der Waals surface area contributed by atoms with Gasteiger partial charge in [-0.05, 0) is 26.3 Å². The van der Waals surface area contributed by atoms with Crippen LogP contribution in [-0.2, 0) is 16.1 Å². The second-order valence-corrected chi connectivity index (χ2v) is 5.05. The minimum absolute atomic E-state index is 0.0227. The lowest BCUT2D eigenvalue weighted by Crippen LogP contribution is -2.50. The molecule has 1 rings (SSSR count). The molecule has 5 heteroatoms. The summed E-state index contributed by atoms with van der Waals surface area (Å²) in [4.78, 5) is 22.4. The first-order chi connectivity index (χ1) is 8.81. The second-order valence-electron chi connectivity index (χ2n) is 5.05. The smallest absolute Gasteiger partial charge is 0.323 e. The summed E-state index contributed by atoms with van der Waals surface area (Å²) < 4.78 is 0. The number of carboxylic acids is 1. The van der Waals surface area contributed by atoms with Crippen molar-refractivity contribution >= 4 is 11.9 Å². The highest BCUT2D eigenvalue weighted by atomic mass is 16.4. The molecule has 0 saturated carbocycles. The molecular weight excluding hydrogens is 244 g/mol. The van der Waals surface area contributed by atoms with E-state index >= 15 is 0 Å². The summed E-state index contributed by atoms with van der Waals surface area (Å²) in [5.74, 6) is -1.21. The van der Waals surface area contributed by atoms with Gasteiger partial charge < -0.3 is 10.4 Å². The summed E-state index contributed by atoms with van der Waals surface area (Å²) in [5, 5.41) is 14.3. The number of aliphatic carboxylic acids is 1. The van der Waals surface area contributed by atoms with Crippen molar-refractivity contribution in [3.05, 3.63) is 35.4 Å². The van der Waals surface area contributed by atoms with Crippen LogP contribution < -0.4 is 10.6 Å². The molecule has 0 aromatic heterocycles. The van der Waals surface area contributed by atoms with Gasteiger partial charge in [-0.25, -0.2) is 0 Å². The van der Waals surface area contributed by atoms with Gasteiger partial charge in [-0.2, -0.15) is 0 Å². The molecule has 0 spiro atoms. The SMILES string of the molecule is Cc1ccc(CNC(=O)CNC(C)(C)C(=O)O)cc1. The summed E-state index contributed by atoms with van der Waals surface area (Å²) >= 11 is 0. The maximum Gasteiger partial charge on any atom is 0.323 e. The van der Waals surface area contributed by atoms with Gasteiger partial charge in [0.2, 0.25) is 5.91 Å². The first-order valence-electron chi connectivity index (χ1n) is 6.12. The molecule has 0 atom stereocenters. The van der Waals surface area contributed by atoms with Crippen LogP contribution >= 0.6 is 0 Å². The van der Waals surface area contributed by atoms with Crippen LogP contribution in [0.3, 0.4) is 0 Å². The number of carboxylic acid groups (broad SMARTS) is 1. The minimum atomic E-state index is -1.11. The van der Waals surface area contributed by atoms with Gasteiger partial charge in [0, 0.05) is 6.54 Å². The standard InChI is InChI=1S/C14H20N2O3/c1-10-4-6-11(7-5-10)8-15-12(17)9-16-14(2,3)13(18)19/h4-7,16H,8-9H2,1-3H3,(H,15,17)(H,18,19). The number of benzene rings is 1. The fourth-order valence-electron chi connectivity index (χ4n) is 1.35. The largest absolute Gasteiger partial charge is 0.480 e. The van der Waals surface area contributed by atoms with E-state index in [1.165, 1.54) is 19.4 Å². The van der Waals surface area contributed by atoms with Crippen molar-refractivity contribution in [3.63, 3.8) is 0 Å². The maximum atomic E-state index is 11.6. The normalized spacial score (nSPS) is 11.1. The van der Waals surface area contributed by atoms with Crippen LogP contribution in [0.15, 0.2) is 24.3 Å². The van der Waals surface area contributed by atoms with Gasteiger partial charge in [0.05, 0.1) is 6.54 Å². The number of hydrogen-bond acceptors (Lipinski definition) is 3. The predicted molar refractivity (Wildman–Crippen MR) is 72.7 cm³/mol. The Hall–Kier alpha value is -1.88. The molecule has 1 amide bonds. The lowest BCUT2D eigenvalue weighted by atomic mass is 10.1. The fourth-order valence-corrected chi connectivity index (χ4v) is 1.35. The average molecular weight is 264 g/mol. The van der Waals surface area contributed by atoms with E-state index in [1.54, 1.807) is 0 Å². The van der Waals surface area contributed by atoms with Crippen molar-refractivity contribution in [2.75, 3.05) is 6.54 Å². The summed E-state index contributed by atoms with van der Waals surface area (Å²) in [6.45, 7) is 5.45. The third kappa shape index (κ3) is 5.09. The molecule has 0 unspecified atom stereocenters. The molecule has 19 heavy (non-hydrogen) atoms.